The summed E-state index contributed by atoms with van der Waals surface area (Å²) >= 11 is 0. The Hall–Kier alpha value is -0.800. The summed E-state index contributed by atoms with van der Waals surface area (Å²) in [6.45, 7) is 1.98. The van der Waals surface area contributed by atoms with Crippen molar-refractivity contribution in [2.75, 3.05) is 0 Å². The molecule has 0 spiro atoms. The van der Waals surface area contributed by atoms with Crippen LogP contribution in [-0.2, 0) is 6.42 Å². The van der Waals surface area contributed by atoms with Gasteiger partial charge < -0.3 is 14.6 Å². The number of furan rings is 1. The smallest absolute Gasteiger partial charge is 0.0935 e. The van der Waals surface area contributed by atoms with E-state index in [9.17, 15) is 10.2 Å². The minimum atomic E-state index is -0.683. The van der Waals surface area contributed by atoms with Crippen LogP contribution >= 0.6 is 0 Å². The Balaban J connectivity index is 2.36. The van der Waals surface area contributed by atoms with Gasteiger partial charge >= 0.3 is 0 Å². The van der Waals surface area contributed by atoms with Crippen LogP contribution < -0.4 is 0 Å². The highest BCUT2D eigenvalue weighted by Crippen LogP contribution is 2.09. The molecule has 0 bridgehead atoms. The molecule has 0 radical (unpaired) electrons. The van der Waals surface area contributed by atoms with Gasteiger partial charge in [0.25, 0.3) is 0 Å². The molecule has 0 aliphatic carbocycles. The van der Waals surface area contributed by atoms with Gasteiger partial charge in [-0.2, -0.15) is 0 Å². The van der Waals surface area contributed by atoms with E-state index in [4.69, 9.17) is 4.42 Å². The topological polar surface area (TPSA) is 53.6 Å². The maximum absolute atomic E-state index is 9.53. The molecule has 2 atom stereocenters. The van der Waals surface area contributed by atoms with Crippen molar-refractivity contribution in [1.29, 1.82) is 0 Å². The van der Waals surface area contributed by atoms with Gasteiger partial charge in [-0.15, -0.1) is 0 Å². The third-order valence-corrected chi connectivity index (χ3v) is 2.05. The summed E-state index contributed by atoms with van der Waals surface area (Å²) in [5, 5.41) is 19.0. The third kappa shape index (κ3) is 3.20. The zero-order valence-corrected chi connectivity index (χ0v) is 7.81. The molecule has 1 heterocycles. The van der Waals surface area contributed by atoms with Gasteiger partial charge in [0.2, 0.25) is 0 Å². The lowest BCUT2D eigenvalue weighted by molar-refractivity contribution is 0.0147. The monoisotopic (exact) mass is 184 g/mol. The molecule has 0 saturated carbocycles. The SMILES string of the molecule is CCCC(O)C(O)Cc1ccoc1. The summed E-state index contributed by atoms with van der Waals surface area (Å²) in [5.41, 5.74) is 0.919. The van der Waals surface area contributed by atoms with Crippen molar-refractivity contribution in [2.45, 2.75) is 38.4 Å². The summed E-state index contributed by atoms with van der Waals surface area (Å²) in [6, 6.07) is 1.79. The Labute approximate surface area is 78.0 Å². The van der Waals surface area contributed by atoms with E-state index >= 15 is 0 Å². The quantitative estimate of drug-likeness (QED) is 0.726. The number of aliphatic hydroxyl groups is 2. The molecule has 1 aromatic rings. The maximum atomic E-state index is 9.53. The molecule has 2 N–H and O–H groups in total. The first-order valence-electron chi connectivity index (χ1n) is 4.61. The molecule has 0 aliphatic heterocycles. The second-order valence-electron chi connectivity index (χ2n) is 3.26. The Morgan fingerprint density at radius 1 is 1.38 bits per heavy atom. The maximum Gasteiger partial charge on any atom is 0.0935 e. The second kappa shape index (κ2) is 5.04. The van der Waals surface area contributed by atoms with Crippen molar-refractivity contribution in [3.63, 3.8) is 0 Å². The molecule has 2 unspecified atom stereocenters. The molecule has 0 aromatic carbocycles. The van der Waals surface area contributed by atoms with E-state index in [1.807, 2.05) is 6.92 Å². The normalized spacial score (nSPS) is 15.6. The van der Waals surface area contributed by atoms with E-state index < -0.39 is 12.2 Å². The summed E-state index contributed by atoms with van der Waals surface area (Å²) in [6.07, 6.45) is 3.81. The first kappa shape index (κ1) is 10.3. The summed E-state index contributed by atoms with van der Waals surface area (Å²) in [5.74, 6) is 0. The number of hydrogen-bond donors (Lipinski definition) is 2. The highest BCUT2D eigenvalue weighted by molar-refractivity contribution is 5.06. The molecule has 13 heavy (non-hydrogen) atoms. The molecule has 74 valence electrons. The lowest BCUT2D eigenvalue weighted by atomic mass is 10.0. The first-order valence-corrected chi connectivity index (χ1v) is 4.61. The van der Waals surface area contributed by atoms with Crippen LogP contribution in [0.1, 0.15) is 25.3 Å². The Bertz CT molecular complexity index is 218. The minimum absolute atomic E-state index is 0.456. The zero-order valence-electron chi connectivity index (χ0n) is 7.81. The lowest BCUT2D eigenvalue weighted by Crippen LogP contribution is -2.27. The minimum Gasteiger partial charge on any atom is -0.472 e. The molecule has 1 rings (SSSR count). The number of aliphatic hydroxyl groups excluding tert-OH is 2. The van der Waals surface area contributed by atoms with Gasteiger partial charge in [0, 0.05) is 6.42 Å². The fourth-order valence-electron chi connectivity index (χ4n) is 1.27. The van der Waals surface area contributed by atoms with E-state index in [0.29, 0.717) is 12.8 Å². The predicted molar refractivity (Wildman–Crippen MR) is 49.3 cm³/mol. The van der Waals surface area contributed by atoms with Crippen LogP contribution in [0.4, 0.5) is 0 Å². The Morgan fingerprint density at radius 2 is 2.15 bits per heavy atom. The standard InChI is InChI=1S/C10H16O3/c1-2-3-9(11)10(12)6-8-4-5-13-7-8/h4-5,7,9-12H,2-3,6H2,1H3. The average molecular weight is 184 g/mol. The molecule has 3 nitrogen and oxygen atoms in total. The lowest BCUT2D eigenvalue weighted by Gasteiger charge is -2.15. The van der Waals surface area contributed by atoms with Crippen LogP contribution in [0.5, 0.6) is 0 Å². The molecule has 0 fully saturated rings. The molecule has 0 saturated heterocycles. The zero-order chi connectivity index (χ0) is 9.68. The van der Waals surface area contributed by atoms with Crippen LogP contribution in [0.15, 0.2) is 23.0 Å². The van der Waals surface area contributed by atoms with E-state index in [-0.39, 0.29) is 0 Å². The van der Waals surface area contributed by atoms with Crippen LogP contribution in [-0.4, -0.2) is 22.4 Å². The fraction of sp³-hybridized carbons (Fsp3) is 0.600. The third-order valence-electron chi connectivity index (χ3n) is 2.05. The van der Waals surface area contributed by atoms with Gasteiger partial charge in [0.05, 0.1) is 24.7 Å². The van der Waals surface area contributed by atoms with Crippen LogP contribution in [0.2, 0.25) is 0 Å². The van der Waals surface area contributed by atoms with Crippen molar-refractivity contribution in [2.24, 2.45) is 0 Å². The molecular weight excluding hydrogens is 168 g/mol. The van der Waals surface area contributed by atoms with Crippen LogP contribution in [0, 0.1) is 0 Å². The first-order chi connectivity index (χ1) is 6.24. The van der Waals surface area contributed by atoms with Crippen molar-refractivity contribution in [3.05, 3.63) is 24.2 Å². The summed E-state index contributed by atoms with van der Waals surface area (Å²) < 4.78 is 4.86. The number of rotatable bonds is 5. The molecule has 3 heteroatoms. The molecule has 0 amide bonds. The largest absolute Gasteiger partial charge is 0.472 e. The van der Waals surface area contributed by atoms with Crippen LogP contribution in [0.3, 0.4) is 0 Å². The highest BCUT2D eigenvalue weighted by Gasteiger charge is 2.15. The summed E-state index contributed by atoms with van der Waals surface area (Å²) in [7, 11) is 0. The Morgan fingerprint density at radius 3 is 2.69 bits per heavy atom. The number of hydrogen-bond acceptors (Lipinski definition) is 3. The average Bonchev–Trinajstić information content (AvgIpc) is 2.57. The van der Waals surface area contributed by atoms with Gasteiger partial charge in [-0.1, -0.05) is 13.3 Å². The van der Waals surface area contributed by atoms with Gasteiger partial charge in [-0.25, -0.2) is 0 Å². The van der Waals surface area contributed by atoms with Crippen molar-refractivity contribution in [3.8, 4) is 0 Å². The summed E-state index contributed by atoms with van der Waals surface area (Å²) in [4.78, 5) is 0. The van der Waals surface area contributed by atoms with Crippen molar-refractivity contribution in [1.82, 2.24) is 0 Å². The molecular formula is C10H16O3. The van der Waals surface area contributed by atoms with Crippen molar-refractivity contribution >= 4 is 0 Å². The van der Waals surface area contributed by atoms with Gasteiger partial charge in [0.1, 0.15) is 0 Å². The highest BCUT2D eigenvalue weighted by atomic mass is 16.3. The van der Waals surface area contributed by atoms with Crippen molar-refractivity contribution < 1.29 is 14.6 Å². The van der Waals surface area contributed by atoms with Gasteiger partial charge in [0.15, 0.2) is 0 Å². The van der Waals surface area contributed by atoms with Gasteiger partial charge in [-0.3, -0.25) is 0 Å². The molecule has 0 aliphatic rings. The van der Waals surface area contributed by atoms with E-state index in [1.165, 1.54) is 0 Å². The van der Waals surface area contributed by atoms with E-state index in [2.05, 4.69) is 0 Å². The van der Waals surface area contributed by atoms with Gasteiger partial charge in [-0.05, 0) is 18.1 Å². The van der Waals surface area contributed by atoms with Crippen LogP contribution in [0.25, 0.3) is 0 Å². The molecule has 1 aromatic heterocycles. The fourth-order valence-corrected chi connectivity index (χ4v) is 1.27. The predicted octanol–water partition coefficient (Wildman–Crippen LogP) is 1.34. The van der Waals surface area contributed by atoms with E-state index in [1.54, 1.807) is 18.6 Å². The Kier molecular flexibility index (Phi) is 3.99. The van der Waals surface area contributed by atoms with E-state index in [0.717, 1.165) is 12.0 Å². The second-order valence-corrected chi connectivity index (χ2v) is 3.26.